The zero-order valence-electron chi connectivity index (χ0n) is 10.5. The number of oxime groups is 1. The number of para-hydroxylation sites is 1. The fraction of sp³-hybridized carbons (Fsp3) is 0.0714. The Labute approximate surface area is 114 Å². The van der Waals surface area contributed by atoms with Gasteiger partial charge in [-0.15, -0.1) is 0 Å². The minimum atomic E-state index is -0.667. The molecule has 2 aromatic carbocycles. The van der Waals surface area contributed by atoms with Crippen molar-refractivity contribution >= 4 is 5.84 Å². The number of nitrogens with zero attached hydrogens (tertiary/aromatic N) is 1. The van der Waals surface area contributed by atoms with E-state index < -0.39 is 5.82 Å². The van der Waals surface area contributed by atoms with Crippen LogP contribution in [0.2, 0.25) is 0 Å². The first-order chi connectivity index (χ1) is 9.67. The summed E-state index contributed by atoms with van der Waals surface area (Å²) in [5, 5.41) is 20.7. The lowest BCUT2D eigenvalue weighted by Gasteiger charge is -2.13. The first-order valence-electron chi connectivity index (χ1n) is 5.80. The Morgan fingerprint density at radius 1 is 1.15 bits per heavy atom. The van der Waals surface area contributed by atoms with Crippen molar-refractivity contribution in [3.05, 3.63) is 59.4 Å². The average Bonchev–Trinajstić information content (AvgIpc) is 2.47. The second-order valence-corrected chi connectivity index (χ2v) is 3.97. The average molecular weight is 276 g/mol. The Kier molecular flexibility index (Phi) is 4.17. The van der Waals surface area contributed by atoms with Crippen LogP contribution in [0.15, 0.2) is 47.6 Å². The zero-order valence-corrected chi connectivity index (χ0v) is 10.5. The van der Waals surface area contributed by atoms with Crippen LogP contribution in [-0.4, -0.2) is 16.1 Å². The number of amidine groups is 1. The highest BCUT2D eigenvalue weighted by atomic mass is 19.1. The second kappa shape index (κ2) is 6.03. The number of aliphatic hydroxyl groups is 1. The maximum atomic E-state index is 13.8. The van der Waals surface area contributed by atoms with Gasteiger partial charge in [-0.1, -0.05) is 29.4 Å². The van der Waals surface area contributed by atoms with E-state index in [1.807, 2.05) is 0 Å². The molecule has 20 heavy (non-hydrogen) atoms. The van der Waals surface area contributed by atoms with E-state index in [4.69, 9.17) is 15.7 Å². The third-order valence-corrected chi connectivity index (χ3v) is 2.70. The fourth-order valence-electron chi connectivity index (χ4n) is 1.74. The van der Waals surface area contributed by atoms with Crippen molar-refractivity contribution in [1.82, 2.24) is 0 Å². The highest BCUT2D eigenvalue weighted by molar-refractivity contribution is 5.99. The molecule has 104 valence electrons. The molecule has 2 rings (SSSR count). The lowest BCUT2D eigenvalue weighted by Crippen LogP contribution is -2.16. The molecule has 6 heteroatoms. The Morgan fingerprint density at radius 2 is 1.85 bits per heavy atom. The summed E-state index contributed by atoms with van der Waals surface area (Å²) in [4.78, 5) is 0. The van der Waals surface area contributed by atoms with Crippen molar-refractivity contribution in [1.29, 1.82) is 0 Å². The normalized spacial score (nSPS) is 11.4. The molecule has 0 spiro atoms. The van der Waals surface area contributed by atoms with Gasteiger partial charge in [-0.2, -0.15) is 0 Å². The molecule has 0 saturated carbocycles. The maximum Gasteiger partial charge on any atom is 0.176 e. The number of benzene rings is 2. The van der Waals surface area contributed by atoms with E-state index in [2.05, 4.69) is 5.16 Å². The summed E-state index contributed by atoms with van der Waals surface area (Å²) >= 11 is 0. The van der Waals surface area contributed by atoms with Gasteiger partial charge in [0.15, 0.2) is 5.84 Å². The van der Waals surface area contributed by atoms with E-state index in [-0.39, 0.29) is 23.8 Å². The molecule has 0 aromatic heterocycles. The summed E-state index contributed by atoms with van der Waals surface area (Å²) in [6.45, 7) is -0.218. The molecular formula is C14H13FN2O3. The summed E-state index contributed by atoms with van der Waals surface area (Å²) < 4.78 is 19.3. The molecule has 0 fully saturated rings. The van der Waals surface area contributed by atoms with Gasteiger partial charge < -0.3 is 20.8 Å². The quantitative estimate of drug-likeness (QED) is 0.346. The molecule has 0 saturated heterocycles. The van der Waals surface area contributed by atoms with Crippen LogP contribution < -0.4 is 10.5 Å². The number of aliphatic hydroxyl groups excluding tert-OH is 1. The molecule has 0 atom stereocenters. The number of hydrogen-bond acceptors (Lipinski definition) is 4. The second-order valence-electron chi connectivity index (χ2n) is 3.97. The van der Waals surface area contributed by atoms with Crippen LogP contribution in [0.3, 0.4) is 0 Å². The summed E-state index contributed by atoms with van der Waals surface area (Å²) in [6.07, 6.45) is 0. The van der Waals surface area contributed by atoms with Crippen LogP contribution >= 0.6 is 0 Å². The Bertz CT molecular complexity index is 644. The first-order valence-corrected chi connectivity index (χ1v) is 5.80. The Hall–Kier alpha value is -2.60. The van der Waals surface area contributed by atoms with Gasteiger partial charge in [-0.05, 0) is 18.2 Å². The van der Waals surface area contributed by atoms with Gasteiger partial charge in [0, 0.05) is 5.56 Å². The van der Waals surface area contributed by atoms with Crippen LogP contribution in [0.25, 0.3) is 0 Å². The molecular weight excluding hydrogens is 263 g/mol. The van der Waals surface area contributed by atoms with Crippen LogP contribution in [0.5, 0.6) is 11.5 Å². The number of halogens is 1. The third-order valence-electron chi connectivity index (χ3n) is 2.70. The smallest absolute Gasteiger partial charge is 0.176 e. The number of rotatable bonds is 4. The molecule has 0 aliphatic heterocycles. The Balaban J connectivity index is 2.46. The van der Waals surface area contributed by atoms with Crippen molar-refractivity contribution in [2.75, 3.05) is 0 Å². The minimum Gasteiger partial charge on any atom is -0.456 e. The Morgan fingerprint density at radius 3 is 2.55 bits per heavy atom. The molecule has 0 unspecified atom stereocenters. The SMILES string of the molecule is NC(=NO)c1c(F)cccc1Oc1ccccc1CO. The van der Waals surface area contributed by atoms with Crippen molar-refractivity contribution in [3.8, 4) is 11.5 Å². The standard InChI is InChI=1S/C14H13FN2O3/c15-10-5-3-7-12(13(10)14(16)17-19)20-11-6-2-1-4-9(11)8-18/h1-7,18-19H,8H2,(H2,16,17). The van der Waals surface area contributed by atoms with Gasteiger partial charge in [-0.25, -0.2) is 4.39 Å². The monoisotopic (exact) mass is 276 g/mol. The van der Waals surface area contributed by atoms with E-state index in [0.29, 0.717) is 11.3 Å². The summed E-state index contributed by atoms with van der Waals surface area (Å²) in [6, 6.07) is 10.9. The molecule has 0 bridgehead atoms. The van der Waals surface area contributed by atoms with Crippen molar-refractivity contribution in [2.24, 2.45) is 10.9 Å². The van der Waals surface area contributed by atoms with E-state index in [0.717, 1.165) is 0 Å². The fourth-order valence-corrected chi connectivity index (χ4v) is 1.74. The molecule has 0 aliphatic rings. The van der Waals surface area contributed by atoms with Gasteiger partial charge in [0.05, 0.1) is 12.2 Å². The van der Waals surface area contributed by atoms with E-state index in [1.165, 1.54) is 18.2 Å². The predicted octanol–water partition coefficient (Wildman–Crippen LogP) is 2.20. The van der Waals surface area contributed by atoms with Gasteiger partial charge in [0.2, 0.25) is 0 Å². The van der Waals surface area contributed by atoms with E-state index in [9.17, 15) is 9.50 Å². The van der Waals surface area contributed by atoms with Crippen LogP contribution in [0.4, 0.5) is 4.39 Å². The van der Waals surface area contributed by atoms with Crippen LogP contribution in [-0.2, 0) is 6.61 Å². The highest BCUT2D eigenvalue weighted by Gasteiger charge is 2.15. The number of nitrogens with two attached hydrogens (primary N) is 1. The van der Waals surface area contributed by atoms with Crippen molar-refractivity contribution < 1.29 is 19.4 Å². The largest absolute Gasteiger partial charge is 0.456 e. The summed E-state index contributed by atoms with van der Waals surface area (Å²) in [5.74, 6) is -0.590. The maximum absolute atomic E-state index is 13.8. The van der Waals surface area contributed by atoms with Crippen LogP contribution in [0.1, 0.15) is 11.1 Å². The van der Waals surface area contributed by atoms with Gasteiger partial charge >= 0.3 is 0 Å². The number of hydrogen-bond donors (Lipinski definition) is 3. The molecule has 0 radical (unpaired) electrons. The summed E-state index contributed by atoms with van der Waals surface area (Å²) in [5.41, 5.74) is 5.86. The van der Waals surface area contributed by atoms with E-state index >= 15 is 0 Å². The molecule has 5 nitrogen and oxygen atoms in total. The third kappa shape index (κ3) is 2.70. The van der Waals surface area contributed by atoms with Crippen molar-refractivity contribution in [3.63, 3.8) is 0 Å². The van der Waals surface area contributed by atoms with Crippen molar-refractivity contribution in [2.45, 2.75) is 6.61 Å². The van der Waals surface area contributed by atoms with Gasteiger partial charge in [-0.3, -0.25) is 0 Å². The van der Waals surface area contributed by atoms with Gasteiger partial charge in [0.25, 0.3) is 0 Å². The topological polar surface area (TPSA) is 88.1 Å². The zero-order chi connectivity index (χ0) is 14.5. The lowest BCUT2D eigenvalue weighted by atomic mass is 10.1. The predicted molar refractivity (Wildman–Crippen MR) is 71.3 cm³/mol. The number of ether oxygens (including phenoxy) is 1. The molecule has 2 aromatic rings. The minimum absolute atomic E-state index is 0.0983. The molecule has 0 heterocycles. The molecule has 0 amide bonds. The highest BCUT2D eigenvalue weighted by Crippen LogP contribution is 2.29. The van der Waals surface area contributed by atoms with Crippen LogP contribution in [0, 0.1) is 5.82 Å². The van der Waals surface area contributed by atoms with E-state index in [1.54, 1.807) is 24.3 Å². The summed E-state index contributed by atoms with van der Waals surface area (Å²) in [7, 11) is 0. The lowest BCUT2D eigenvalue weighted by molar-refractivity contribution is 0.276. The molecule has 0 aliphatic carbocycles. The first kappa shape index (κ1) is 13.8. The van der Waals surface area contributed by atoms with Gasteiger partial charge in [0.1, 0.15) is 17.3 Å². The molecule has 4 N–H and O–H groups in total.